The van der Waals surface area contributed by atoms with Crippen LogP contribution in [0.3, 0.4) is 0 Å². The van der Waals surface area contributed by atoms with E-state index in [9.17, 15) is 0 Å². The fourth-order valence-electron chi connectivity index (χ4n) is 1.46. The van der Waals surface area contributed by atoms with Crippen molar-refractivity contribution in [1.29, 1.82) is 0 Å². The van der Waals surface area contributed by atoms with E-state index in [-0.39, 0.29) is 5.84 Å². The molecule has 0 aliphatic carbocycles. The van der Waals surface area contributed by atoms with Crippen molar-refractivity contribution in [2.75, 3.05) is 27.2 Å². The monoisotopic (exact) mass is 252 g/mol. The Labute approximate surface area is 107 Å². The molecular weight excluding hydrogens is 232 g/mol. The van der Waals surface area contributed by atoms with Crippen LogP contribution in [0.15, 0.2) is 23.5 Å². The number of pyridine rings is 1. The van der Waals surface area contributed by atoms with Crippen LogP contribution in [0.5, 0.6) is 5.75 Å². The first kappa shape index (κ1) is 14.2. The summed E-state index contributed by atoms with van der Waals surface area (Å²) in [6.07, 6.45) is 3.58. The van der Waals surface area contributed by atoms with Crippen LogP contribution in [0.2, 0.25) is 0 Å². The molecule has 6 heteroatoms. The van der Waals surface area contributed by atoms with E-state index in [4.69, 9.17) is 15.7 Å². The molecule has 0 unspecified atom stereocenters. The molecule has 0 saturated heterocycles. The second-order valence-electron chi connectivity index (χ2n) is 4.19. The molecule has 0 radical (unpaired) electrons. The minimum absolute atomic E-state index is 0.0427. The van der Waals surface area contributed by atoms with Gasteiger partial charge in [0.1, 0.15) is 5.75 Å². The van der Waals surface area contributed by atoms with E-state index in [0.717, 1.165) is 19.4 Å². The number of oxime groups is 1. The Bertz CT molecular complexity index is 393. The van der Waals surface area contributed by atoms with E-state index < -0.39 is 0 Å². The van der Waals surface area contributed by atoms with Gasteiger partial charge in [-0.2, -0.15) is 0 Å². The maximum atomic E-state index is 8.65. The van der Waals surface area contributed by atoms with Crippen LogP contribution in [-0.2, 0) is 0 Å². The van der Waals surface area contributed by atoms with E-state index in [1.165, 1.54) is 0 Å². The van der Waals surface area contributed by atoms with E-state index in [1.54, 1.807) is 18.3 Å². The molecule has 6 nitrogen and oxygen atoms in total. The summed E-state index contributed by atoms with van der Waals surface area (Å²) in [6.45, 7) is 1.62. The number of rotatable bonds is 7. The van der Waals surface area contributed by atoms with Gasteiger partial charge < -0.3 is 20.6 Å². The van der Waals surface area contributed by atoms with Crippen molar-refractivity contribution in [3.63, 3.8) is 0 Å². The molecule has 0 fully saturated rings. The molecular formula is C12H20N4O2. The lowest BCUT2D eigenvalue weighted by Crippen LogP contribution is -2.17. The summed E-state index contributed by atoms with van der Waals surface area (Å²) in [4.78, 5) is 6.16. The number of nitrogens with two attached hydrogens (primary N) is 1. The molecule has 0 amide bonds. The smallest absolute Gasteiger partial charge is 0.192 e. The molecule has 1 heterocycles. The van der Waals surface area contributed by atoms with Crippen LogP contribution in [0, 0.1) is 0 Å². The van der Waals surface area contributed by atoms with E-state index in [0.29, 0.717) is 18.1 Å². The van der Waals surface area contributed by atoms with Crippen molar-refractivity contribution in [3.05, 3.63) is 24.0 Å². The molecule has 0 saturated carbocycles. The lowest BCUT2D eigenvalue weighted by Gasteiger charge is -2.11. The topological polar surface area (TPSA) is 84.0 Å². The standard InChI is InChI=1S/C12H20N4O2/c1-16(2)8-3-4-9-18-10-6-5-7-14-11(10)12(13)15-17/h5-7,17H,3-4,8-9H2,1-2H3,(H2,13,15). The highest BCUT2D eigenvalue weighted by Crippen LogP contribution is 2.15. The van der Waals surface area contributed by atoms with E-state index in [2.05, 4.69) is 15.0 Å². The van der Waals surface area contributed by atoms with Gasteiger partial charge >= 0.3 is 0 Å². The summed E-state index contributed by atoms with van der Waals surface area (Å²) in [5.41, 5.74) is 5.88. The zero-order valence-electron chi connectivity index (χ0n) is 10.8. The van der Waals surface area contributed by atoms with Crippen LogP contribution in [0.4, 0.5) is 0 Å². The quantitative estimate of drug-likeness (QED) is 0.247. The number of nitrogens with zero attached hydrogens (tertiary/aromatic N) is 3. The van der Waals surface area contributed by atoms with Gasteiger partial charge in [0, 0.05) is 6.20 Å². The van der Waals surface area contributed by atoms with E-state index >= 15 is 0 Å². The van der Waals surface area contributed by atoms with E-state index in [1.807, 2.05) is 14.1 Å². The first-order chi connectivity index (χ1) is 8.65. The van der Waals surface area contributed by atoms with Gasteiger partial charge in [-0.15, -0.1) is 0 Å². The molecule has 100 valence electrons. The molecule has 0 aliphatic rings. The van der Waals surface area contributed by atoms with Gasteiger partial charge in [-0.1, -0.05) is 5.16 Å². The van der Waals surface area contributed by atoms with Crippen molar-refractivity contribution in [2.24, 2.45) is 10.9 Å². The Morgan fingerprint density at radius 3 is 2.94 bits per heavy atom. The molecule has 3 N–H and O–H groups in total. The highest BCUT2D eigenvalue weighted by atomic mass is 16.5. The van der Waals surface area contributed by atoms with Gasteiger partial charge in [0.15, 0.2) is 11.5 Å². The maximum Gasteiger partial charge on any atom is 0.192 e. The molecule has 0 aromatic carbocycles. The summed E-state index contributed by atoms with van der Waals surface area (Å²) < 4.78 is 5.59. The molecule has 0 bridgehead atoms. The molecule has 1 aromatic heterocycles. The molecule has 1 aromatic rings. The number of ether oxygens (including phenoxy) is 1. The Hall–Kier alpha value is -1.82. The Morgan fingerprint density at radius 2 is 2.28 bits per heavy atom. The van der Waals surface area contributed by atoms with Crippen LogP contribution in [-0.4, -0.2) is 48.2 Å². The molecule has 1 rings (SSSR count). The van der Waals surface area contributed by atoms with Crippen molar-refractivity contribution in [1.82, 2.24) is 9.88 Å². The highest BCUT2D eigenvalue weighted by Gasteiger charge is 2.08. The van der Waals surface area contributed by atoms with Gasteiger partial charge in [-0.05, 0) is 45.6 Å². The normalized spacial score (nSPS) is 11.8. The van der Waals surface area contributed by atoms with Crippen LogP contribution >= 0.6 is 0 Å². The first-order valence-electron chi connectivity index (χ1n) is 5.85. The largest absolute Gasteiger partial charge is 0.491 e. The second kappa shape index (κ2) is 7.50. The lowest BCUT2D eigenvalue weighted by molar-refractivity contribution is 0.290. The minimum Gasteiger partial charge on any atom is -0.491 e. The Morgan fingerprint density at radius 1 is 1.50 bits per heavy atom. The van der Waals surface area contributed by atoms with Gasteiger partial charge in [0.25, 0.3) is 0 Å². The molecule has 0 aliphatic heterocycles. The molecule has 0 atom stereocenters. The Kier molecular flexibility index (Phi) is 5.93. The van der Waals surface area contributed by atoms with Crippen molar-refractivity contribution in [3.8, 4) is 5.75 Å². The van der Waals surface area contributed by atoms with Crippen molar-refractivity contribution in [2.45, 2.75) is 12.8 Å². The zero-order chi connectivity index (χ0) is 13.4. The zero-order valence-corrected chi connectivity index (χ0v) is 10.8. The van der Waals surface area contributed by atoms with Gasteiger partial charge in [-0.3, -0.25) is 0 Å². The predicted molar refractivity (Wildman–Crippen MR) is 70.0 cm³/mol. The van der Waals surface area contributed by atoms with Gasteiger partial charge in [0.05, 0.1) is 6.61 Å². The third-order valence-corrected chi connectivity index (χ3v) is 2.38. The Balaban J connectivity index is 2.47. The number of unbranched alkanes of at least 4 members (excludes halogenated alkanes) is 1. The van der Waals surface area contributed by atoms with Crippen LogP contribution < -0.4 is 10.5 Å². The van der Waals surface area contributed by atoms with Gasteiger partial charge in [-0.25, -0.2) is 4.98 Å². The summed E-state index contributed by atoms with van der Waals surface area (Å²) in [6, 6.07) is 3.51. The number of hydrogen-bond acceptors (Lipinski definition) is 5. The summed E-state index contributed by atoms with van der Waals surface area (Å²) in [7, 11) is 4.08. The SMILES string of the molecule is CN(C)CCCCOc1cccnc1C(N)=NO. The summed E-state index contributed by atoms with van der Waals surface area (Å²) in [5.74, 6) is 0.497. The van der Waals surface area contributed by atoms with Crippen LogP contribution in [0.25, 0.3) is 0 Å². The number of hydrogen-bond donors (Lipinski definition) is 2. The predicted octanol–water partition coefficient (Wildman–Crippen LogP) is 0.897. The molecule has 18 heavy (non-hydrogen) atoms. The lowest BCUT2D eigenvalue weighted by atomic mass is 10.3. The fourth-order valence-corrected chi connectivity index (χ4v) is 1.46. The third kappa shape index (κ3) is 4.58. The maximum absolute atomic E-state index is 8.65. The number of aromatic nitrogens is 1. The summed E-state index contributed by atoms with van der Waals surface area (Å²) >= 11 is 0. The third-order valence-electron chi connectivity index (χ3n) is 2.38. The van der Waals surface area contributed by atoms with Crippen molar-refractivity contribution >= 4 is 5.84 Å². The minimum atomic E-state index is -0.0427. The summed E-state index contributed by atoms with van der Waals surface area (Å²) in [5, 5.41) is 11.6. The highest BCUT2D eigenvalue weighted by molar-refractivity contribution is 5.97. The van der Waals surface area contributed by atoms with Gasteiger partial charge in [0.2, 0.25) is 0 Å². The second-order valence-corrected chi connectivity index (χ2v) is 4.19. The molecule has 0 spiro atoms. The first-order valence-corrected chi connectivity index (χ1v) is 5.85. The fraction of sp³-hybridized carbons (Fsp3) is 0.500. The average molecular weight is 252 g/mol. The van der Waals surface area contributed by atoms with Crippen LogP contribution in [0.1, 0.15) is 18.5 Å². The average Bonchev–Trinajstić information content (AvgIpc) is 2.37. The number of amidine groups is 1. The van der Waals surface area contributed by atoms with Crippen molar-refractivity contribution < 1.29 is 9.94 Å².